The monoisotopic (exact) mass is 517 g/mol. The Kier molecular flexibility index (Phi) is 5.95. The van der Waals surface area contributed by atoms with Crippen LogP contribution in [0.4, 0.5) is 11.5 Å². The molecule has 0 saturated heterocycles. The zero-order valence-electron chi connectivity index (χ0n) is 20.6. The Morgan fingerprint density at radius 1 is 1.24 bits per heavy atom. The highest BCUT2D eigenvalue weighted by atomic mass is 16.5. The van der Waals surface area contributed by atoms with Crippen molar-refractivity contribution in [2.75, 3.05) is 17.2 Å². The quantitative estimate of drug-likeness (QED) is 0.284. The summed E-state index contributed by atoms with van der Waals surface area (Å²) < 4.78 is 5.50. The lowest BCUT2D eigenvalue weighted by molar-refractivity contribution is -0.132. The number of anilines is 2. The molecule has 0 radical (unpaired) electrons. The second-order valence-electron chi connectivity index (χ2n) is 9.78. The van der Waals surface area contributed by atoms with Crippen LogP contribution in [0.5, 0.6) is 5.75 Å². The molecule has 3 aromatic rings. The number of aromatic nitrogens is 4. The summed E-state index contributed by atoms with van der Waals surface area (Å²) >= 11 is 0. The lowest BCUT2D eigenvalue weighted by Gasteiger charge is -2.27. The zero-order chi connectivity index (χ0) is 26.4. The molecule has 1 saturated carbocycles. The summed E-state index contributed by atoms with van der Waals surface area (Å²) in [5, 5.41) is 35.7. The number of benzene rings is 1. The minimum absolute atomic E-state index is 0.0380. The number of carbonyl (C=O) groups excluding carboxylic acids is 1. The number of nitrogens with zero attached hydrogens (tertiary/aromatic N) is 3. The number of fused-ring (bicyclic) bond motifs is 3. The van der Waals surface area contributed by atoms with Gasteiger partial charge < -0.3 is 30.9 Å². The standard InChI is InChI=1S/C26H27N7O5/c1-12-14-5-6-17(16(14)4-3-15(12)26(36)37)31-25(35)23-21-22(28-11-29-23)24(33-32-21)27-9-13-2-7-19-18(8-13)30-20(34)10-38-19/h2-4,7-8,11,14,16-17,20,30,34H,5-6,9-10H2,1H3,(H,31,35)(H,36,37)(H2,27,32,33)/t14-,16?,17-,20?/m0/s1. The third-order valence-electron chi connectivity index (χ3n) is 7.52. The Morgan fingerprint density at radius 2 is 2.11 bits per heavy atom. The summed E-state index contributed by atoms with van der Waals surface area (Å²) in [7, 11) is 0. The molecule has 0 spiro atoms. The largest absolute Gasteiger partial charge is 0.487 e. The normalized spacial score (nSPS) is 23.8. The number of carbonyl (C=O) groups is 2. The number of nitrogens with one attached hydrogen (secondary N) is 4. The van der Waals surface area contributed by atoms with Crippen LogP contribution < -0.4 is 20.7 Å². The molecule has 12 nitrogen and oxygen atoms in total. The van der Waals surface area contributed by atoms with Gasteiger partial charge in [0.05, 0.1) is 11.3 Å². The molecule has 12 heteroatoms. The van der Waals surface area contributed by atoms with E-state index in [1.807, 2.05) is 31.2 Å². The van der Waals surface area contributed by atoms with Gasteiger partial charge in [0.1, 0.15) is 29.7 Å². The number of hydrogen-bond donors (Lipinski definition) is 6. The lowest BCUT2D eigenvalue weighted by Crippen LogP contribution is -2.39. The molecule has 2 aromatic heterocycles. The van der Waals surface area contributed by atoms with Crippen molar-refractivity contribution in [1.82, 2.24) is 25.5 Å². The third kappa shape index (κ3) is 4.22. The molecular weight excluding hydrogens is 490 g/mol. The van der Waals surface area contributed by atoms with Crippen LogP contribution in [-0.4, -0.2) is 61.1 Å². The van der Waals surface area contributed by atoms with E-state index < -0.39 is 12.2 Å². The molecule has 2 unspecified atom stereocenters. The Bertz CT molecular complexity index is 1500. The first-order chi connectivity index (χ1) is 18.4. The molecule has 1 aromatic carbocycles. The molecular formula is C26H27N7O5. The number of aliphatic hydroxyl groups is 1. The Labute approximate surface area is 217 Å². The van der Waals surface area contributed by atoms with Crippen molar-refractivity contribution in [2.24, 2.45) is 11.8 Å². The van der Waals surface area contributed by atoms with Gasteiger partial charge in [-0.2, -0.15) is 5.10 Å². The molecule has 6 N–H and O–H groups in total. The van der Waals surface area contributed by atoms with E-state index >= 15 is 0 Å². The Morgan fingerprint density at radius 3 is 2.95 bits per heavy atom. The van der Waals surface area contributed by atoms with Crippen LogP contribution in [0.1, 0.15) is 35.8 Å². The first-order valence-corrected chi connectivity index (χ1v) is 12.5. The fourth-order valence-electron chi connectivity index (χ4n) is 5.61. The van der Waals surface area contributed by atoms with E-state index in [-0.39, 0.29) is 36.1 Å². The zero-order valence-corrected chi connectivity index (χ0v) is 20.6. The van der Waals surface area contributed by atoms with Crippen LogP contribution in [0.3, 0.4) is 0 Å². The second-order valence-corrected chi connectivity index (χ2v) is 9.78. The maximum absolute atomic E-state index is 13.3. The van der Waals surface area contributed by atoms with Crippen molar-refractivity contribution in [3.8, 4) is 5.75 Å². The van der Waals surface area contributed by atoms with Crippen LogP contribution in [-0.2, 0) is 11.3 Å². The van der Waals surface area contributed by atoms with Crippen LogP contribution in [0.2, 0.25) is 0 Å². The molecule has 196 valence electrons. The second kappa shape index (κ2) is 9.45. The highest BCUT2D eigenvalue weighted by molar-refractivity contribution is 6.05. The third-order valence-corrected chi connectivity index (χ3v) is 7.52. The number of aliphatic hydroxyl groups excluding tert-OH is 1. The molecule has 1 amide bonds. The number of carboxylic acids is 1. The number of rotatable bonds is 6. The summed E-state index contributed by atoms with van der Waals surface area (Å²) in [6.07, 6.45) is 5.68. The fourth-order valence-corrected chi connectivity index (χ4v) is 5.61. The van der Waals surface area contributed by atoms with Crippen LogP contribution in [0.15, 0.2) is 47.8 Å². The van der Waals surface area contributed by atoms with E-state index in [2.05, 4.69) is 36.1 Å². The van der Waals surface area contributed by atoms with Gasteiger partial charge in [0.15, 0.2) is 17.7 Å². The number of ether oxygens (including phenoxy) is 1. The summed E-state index contributed by atoms with van der Waals surface area (Å²) in [6, 6.07) is 5.52. The van der Waals surface area contributed by atoms with Gasteiger partial charge in [-0.05, 0) is 43.4 Å². The van der Waals surface area contributed by atoms with E-state index in [1.165, 1.54) is 6.33 Å². The maximum atomic E-state index is 13.3. The smallest absolute Gasteiger partial charge is 0.335 e. The van der Waals surface area contributed by atoms with Crippen molar-refractivity contribution >= 4 is 34.4 Å². The van der Waals surface area contributed by atoms with Crippen molar-refractivity contribution in [2.45, 2.75) is 38.6 Å². The van der Waals surface area contributed by atoms with Crippen LogP contribution >= 0.6 is 0 Å². The molecule has 38 heavy (non-hydrogen) atoms. The van der Waals surface area contributed by atoms with E-state index in [0.717, 1.165) is 24.0 Å². The molecule has 1 fully saturated rings. The van der Waals surface area contributed by atoms with Gasteiger partial charge in [-0.25, -0.2) is 14.8 Å². The number of allylic oxidation sites excluding steroid dienone is 1. The summed E-state index contributed by atoms with van der Waals surface area (Å²) in [5.41, 5.74) is 3.95. The van der Waals surface area contributed by atoms with Gasteiger partial charge in [0, 0.05) is 18.5 Å². The summed E-state index contributed by atoms with van der Waals surface area (Å²) in [5.74, 6) is 0.0360. The SMILES string of the molecule is CC1=C(C(=O)O)C=CC2[C@@H](NC(=O)c3ncnc4c(NCc5ccc6c(c5)NC(O)CO6)n[nH]c34)CC[C@@H]12. The Hall–Kier alpha value is -4.45. The number of aliphatic carboxylic acids is 1. The summed E-state index contributed by atoms with van der Waals surface area (Å²) in [4.78, 5) is 33.3. The van der Waals surface area contributed by atoms with Gasteiger partial charge in [-0.1, -0.05) is 23.8 Å². The minimum Gasteiger partial charge on any atom is -0.487 e. The number of aromatic amines is 1. The average Bonchev–Trinajstić information content (AvgIpc) is 3.51. The van der Waals surface area contributed by atoms with E-state index in [0.29, 0.717) is 40.4 Å². The molecule has 6 rings (SSSR count). The van der Waals surface area contributed by atoms with E-state index in [9.17, 15) is 19.8 Å². The number of amides is 1. The van der Waals surface area contributed by atoms with Crippen LogP contribution in [0.25, 0.3) is 11.0 Å². The molecule has 3 aliphatic rings. The predicted molar refractivity (Wildman–Crippen MR) is 138 cm³/mol. The maximum Gasteiger partial charge on any atom is 0.335 e. The van der Waals surface area contributed by atoms with Gasteiger partial charge in [-0.3, -0.25) is 9.89 Å². The van der Waals surface area contributed by atoms with Crippen molar-refractivity contribution in [1.29, 1.82) is 0 Å². The van der Waals surface area contributed by atoms with Gasteiger partial charge in [0.25, 0.3) is 5.91 Å². The first-order valence-electron chi connectivity index (χ1n) is 12.5. The molecule has 1 aliphatic heterocycles. The molecule has 4 atom stereocenters. The fraction of sp³-hybridized carbons (Fsp3) is 0.346. The highest BCUT2D eigenvalue weighted by Crippen LogP contribution is 2.42. The number of carboxylic acid groups (broad SMARTS) is 1. The lowest BCUT2D eigenvalue weighted by atomic mass is 9.81. The van der Waals surface area contributed by atoms with Crippen molar-refractivity contribution in [3.63, 3.8) is 0 Å². The highest BCUT2D eigenvalue weighted by Gasteiger charge is 2.39. The van der Waals surface area contributed by atoms with Crippen molar-refractivity contribution in [3.05, 3.63) is 59.1 Å². The number of H-pyrrole nitrogens is 1. The Balaban J connectivity index is 1.16. The predicted octanol–water partition coefficient (Wildman–Crippen LogP) is 2.18. The molecule has 3 heterocycles. The van der Waals surface area contributed by atoms with Crippen LogP contribution in [0, 0.1) is 11.8 Å². The van der Waals surface area contributed by atoms with Gasteiger partial charge >= 0.3 is 5.97 Å². The molecule has 2 aliphatic carbocycles. The minimum atomic E-state index is -0.923. The number of hydrogen-bond acceptors (Lipinski definition) is 9. The van der Waals surface area contributed by atoms with E-state index in [1.54, 1.807) is 6.08 Å². The summed E-state index contributed by atoms with van der Waals surface area (Å²) in [6.45, 7) is 2.49. The molecule has 0 bridgehead atoms. The van der Waals surface area contributed by atoms with Crippen molar-refractivity contribution < 1.29 is 24.5 Å². The van der Waals surface area contributed by atoms with Gasteiger partial charge in [-0.15, -0.1) is 0 Å². The van der Waals surface area contributed by atoms with Gasteiger partial charge in [0.2, 0.25) is 0 Å². The topological polar surface area (TPSA) is 174 Å². The van der Waals surface area contributed by atoms with E-state index in [4.69, 9.17) is 4.74 Å². The first kappa shape index (κ1) is 23.9. The average molecular weight is 518 g/mol.